The van der Waals surface area contributed by atoms with Gasteiger partial charge in [0.1, 0.15) is 0 Å². The Hall–Kier alpha value is -3.95. The van der Waals surface area contributed by atoms with E-state index in [9.17, 15) is 9.59 Å². The maximum atomic E-state index is 13.0. The lowest BCUT2D eigenvalue weighted by molar-refractivity contribution is 0.0742. The smallest absolute Gasteiger partial charge is 0.255 e. The molecule has 0 fully saturated rings. The standard InChI is InChI=1S/C25H24N4O2/c26-15-4-16-29(25(31)22-11-7-19(17-27)8-12-22)18-20-9-13-23(14-10-20)28-24(30)21-5-2-1-3-6-21/h1-3,5-14H,4,15-16,18,26H2,(H,28,30). The molecule has 0 aliphatic rings. The predicted octanol–water partition coefficient (Wildman–Crippen LogP) is 3.80. The van der Waals surface area contributed by atoms with Crippen LogP contribution in [0.15, 0.2) is 78.9 Å². The van der Waals surface area contributed by atoms with E-state index in [1.54, 1.807) is 41.3 Å². The molecule has 0 aliphatic heterocycles. The number of nitriles is 1. The first-order chi connectivity index (χ1) is 15.1. The molecular formula is C25H24N4O2. The molecule has 0 saturated heterocycles. The van der Waals surface area contributed by atoms with Gasteiger partial charge in [-0.3, -0.25) is 9.59 Å². The molecular weight excluding hydrogens is 388 g/mol. The van der Waals surface area contributed by atoms with E-state index in [0.717, 1.165) is 5.56 Å². The fourth-order valence-corrected chi connectivity index (χ4v) is 3.11. The van der Waals surface area contributed by atoms with E-state index in [1.165, 1.54) is 0 Å². The van der Waals surface area contributed by atoms with Crippen LogP contribution in [-0.2, 0) is 6.54 Å². The average Bonchev–Trinajstić information content (AvgIpc) is 2.83. The third kappa shape index (κ3) is 6.01. The number of amides is 2. The summed E-state index contributed by atoms with van der Waals surface area (Å²) in [5, 5.41) is 11.8. The van der Waals surface area contributed by atoms with Crippen molar-refractivity contribution in [3.8, 4) is 6.07 Å². The first kappa shape index (κ1) is 21.8. The third-order valence-corrected chi connectivity index (χ3v) is 4.80. The lowest BCUT2D eigenvalue weighted by Gasteiger charge is -2.23. The highest BCUT2D eigenvalue weighted by atomic mass is 16.2. The van der Waals surface area contributed by atoms with Gasteiger partial charge in [0, 0.05) is 29.9 Å². The number of carbonyl (C=O) groups is 2. The lowest BCUT2D eigenvalue weighted by Crippen LogP contribution is -2.32. The van der Waals surface area contributed by atoms with Crippen molar-refractivity contribution in [1.29, 1.82) is 5.26 Å². The van der Waals surface area contributed by atoms with Crippen molar-refractivity contribution in [2.24, 2.45) is 5.73 Å². The molecule has 3 N–H and O–H groups in total. The largest absolute Gasteiger partial charge is 0.334 e. The minimum Gasteiger partial charge on any atom is -0.334 e. The van der Waals surface area contributed by atoms with Crippen LogP contribution >= 0.6 is 0 Å². The molecule has 156 valence electrons. The predicted molar refractivity (Wildman–Crippen MR) is 120 cm³/mol. The highest BCUT2D eigenvalue weighted by Gasteiger charge is 2.16. The Morgan fingerprint density at radius 3 is 2.19 bits per heavy atom. The first-order valence-corrected chi connectivity index (χ1v) is 10.1. The molecule has 0 bridgehead atoms. The molecule has 0 atom stereocenters. The highest BCUT2D eigenvalue weighted by Crippen LogP contribution is 2.15. The van der Waals surface area contributed by atoms with Crippen LogP contribution in [0.1, 0.15) is 38.3 Å². The fraction of sp³-hybridized carbons (Fsp3) is 0.160. The van der Waals surface area contributed by atoms with Crippen molar-refractivity contribution >= 4 is 17.5 Å². The summed E-state index contributed by atoms with van der Waals surface area (Å²) in [7, 11) is 0. The van der Waals surface area contributed by atoms with E-state index in [2.05, 4.69) is 11.4 Å². The Bertz CT molecular complexity index is 1060. The van der Waals surface area contributed by atoms with Crippen LogP contribution in [0.5, 0.6) is 0 Å². The first-order valence-electron chi connectivity index (χ1n) is 10.1. The van der Waals surface area contributed by atoms with Gasteiger partial charge in [-0.05, 0) is 67.1 Å². The second-order valence-electron chi connectivity index (χ2n) is 7.08. The molecule has 0 unspecified atom stereocenters. The Balaban J connectivity index is 1.68. The molecule has 3 aromatic rings. The highest BCUT2D eigenvalue weighted by molar-refractivity contribution is 6.04. The fourth-order valence-electron chi connectivity index (χ4n) is 3.11. The zero-order chi connectivity index (χ0) is 22.1. The van der Waals surface area contributed by atoms with Gasteiger partial charge in [0.05, 0.1) is 11.6 Å². The van der Waals surface area contributed by atoms with E-state index in [4.69, 9.17) is 11.0 Å². The Kier molecular flexibility index (Phi) is 7.52. The number of rotatable bonds is 8. The molecule has 3 rings (SSSR count). The number of nitrogens with two attached hydrogens (primary N) is 1. The second kappa shape index (κ2) is 10.7. The SMILES string of the molecule is N#Cc1ccc(C(=O)N(CCCN)Cc2ccc(NC(=O)c3ccccc3)cc2)cc1. The van der Waals surface area contributed by atoms with Crippen LogP contribution in [0.4, 0.5) is 5.69 Å². The van der Waals surface area contributed by atoms with Gasteiger partial charge in [-0.15, -0.1) is 0 Å². The molecule has 0 saturated carbocycles. The van der Waals surface area contributed by atoms with Crippen LogP contribution < -0.4 is 11.1 Å². The molecule has 31 heavy (non-hydrogen) atoms. The summed E-state index contributed by atoms with van der Waals surface area (Å²) in [5.74, 6) is -0.284. The minimum atomic E-state index is -0.172. The van der Waals surface area contributed by atoms with E-state index >= 15 is 0 Å². The zero-order valence-corrected chi connectivity index (χ0v) is 17.1. The number of nitrogens with zero attached hydrogens (tertiary/aromatic N) is 2. The van der Waals surface area contributed by atoms with Gasteiger partial charge < -0.3 is 16.0 Å². The van der Waals surface area contributed by atoms with Gasteiger partial charge in [0.15, 0.2) is 0 Å². The van der Waals surface area contributed by atoms with Gasteiger partial charge in [-0.25, -0.2) is 0 Å². The molecule has 0 heterocycles. The van der Waals surface area contributed by atoms with Gasteiger partial charge in [-0.2, -0.15) is 5.26 Å². The van der Waals surface area contributed by atoms with Gasteiger partial charge >= 0.3 is 0 Å². The van der Waals surface area contributed by atoms with Crippen molar-refractivity contribution in [2.75, 3.05) is 18.4 Å². The molecule has 2 amide bonds. The molecule has 3 aromatic carbocycles. The third-order valence-electron chi connectivity index (χ3n) is 4.80. The van der Waals surface area contributed by atoms with E-state index in [-0.39, 0.29) is 11.8 Å². The van der Waals surface area contributed by atoms with Crippen LogP contribution in [0.3, 0.4) is 0 Å². The van der Waals surface area contributed by atoms with Crippen LogP contribution in [-0.4, -0.2) is 29.8 Å². The van der Waals surface area contributed by atoms with Gasteiger partial charge in [-0.1, -0.05) is 30.3 Å². The van der Waals surface area contributed by atoms with Crippen LogP contribution in [0.25, 0.3) is 0 Å². The molecule has 0 spiro atoms. The molecule has 6 heteroatoms. The van der Waals surface area contributed by atoms with Crippen molar-refractivity contribution in [3.05, 3.63) is 101 Å². The lowest BCUT2D eigenvalue weighted by atomic mass is 10.1. The number of hydrogen-bond donors (Lipinski definition) is 2. The van der Waals surface area contributed by atoms with Gasteiger partial charge in [0.25, 0.3) is 11.8 Å². The summed E-state index contributed by atoms with van der Waals surface area (Å²) >= 11 is 0. The average molecular weight is 412 g/mol. The number of hydrogen-bond acceptors (Lipinski definition) is 4. The quantitative estimate of drug-likeness (QED) is 0.588. The number of benzene rings is 3. The Morgan fingerprint density at radius 1 is 0.903 bits per heavy atom. The van der Waals surface area contributed by atoms with Crippen molar-refractivity contribution < 1.29 is 9.59 Å². The van der Waals surface area contributed by atoms with Crippen LogP contribution in [0.2, 0.25) is 0 Å². The van der Waals surface area contributed by atoms with Crippen molar-refractivity contribution in [1.82, 2.24) is 4.90 Å². The van der Waals surface area contributed by atoms with Crippen molar-refractivity contribution in [2.45, 2.75) is 13.0 Å². The van der Waals surface area contributed by atoms with Gasteiger partial charge in [0.2, 0.25) is 0 Å². The number of anilines is 1. The van der Waals surface area contributed by atoms with Crippen LogP contribution in [0, 0.1) is 11.3 Å². The normalized spacial score (nSPS) is 10.2. The monoisotopic (exact) mass is 412 g/mol. The maximum absolute atomic E-state index is 13.0. The van der Waals surface area contributed by atoms with E-state index in [0.29, 0.717) is 48.4 Å². The molecule has 6 nitrogen and oxygen atoms in total. The Labute approximate surface area is 181 Å². The maximum Gasteiger partial charge on any atom is 0.255 e. The summed E-state index contributed by atoms with van der Waals surface area (Å²) in [6.45, 7) is 1.44. The molecule has 0 aromatic heterocycles. The topological polar surface area (TPSA) is 99.2 Å². The van der Waals surface area contributed by atoms with E-state index in [1.807, 2.05) is 42.5 Å². The second-order valence-corrected chi connectivity index (χ2v) is 7.08. The molecule has 0 aliphatic carbocycles. The summed E-state index contributed by atoms with van der Waals surface area (Å²) in [5.41, 5.74) is 8.91. The summed E-state index contributed by atoms with van der Waals surface area (Å²) in [6, 6.07) is 25.1. The Morgan fingerprint density at radius 2 is 1.58 bits per heavy atom. The minimum absolute atomic E-state index is 0.112. The summed E-state index contributed by atoms with van der Waals surface area (Å²) in [6.07, 6.45) is 0.688. The van der Waals surface area contributed by atoms with Crippen molar-refractivity contribution in [3.63, 3.8) is 0 Å². The molecule has 0 radical (unpaired) electrons. The summed E-state index contributed by atoms with van der Waals surface area (Å²) < 4.78 is 0. The summed E-state index contributed by atoms with van der Waals surface area (Å²) in [4.78, 5) is 27.0. The number of carbonyl (C=O) groups excluding carboxylic acids is 2. The zero-order valence-electron chi connectivity index (χ0n) is 17.1. The number of nitrogens with one attached hydrogen (secondary N) is 1. The van der Waals surface area contributed by atoms with E-state index < -0.39 is 0 Å².